The second kappa shape index (κ2) is 5.45. The molecule has 0 saturated heterocycles. The van der Waals surface area contributed by atoms with Gasteiger partial charge in [-0.3, -0.25) is 0 Å². The van der Waals surface area contributed by atoms with Crippen molar-refractivity contribution in [1.29, 1.82) is 0 Å². The average Bonchev–Trinajstić information content (AvgIpc) is 3.23. The Morgan fingerprint density at radius 3 is 2.78 bits per heavy atom. The Labute approximate surface area is 161 Å². The van der Waals surface area contributed by atoms with Gasteiger partial charge >= 0.3 is 0 Å². The fourth-order valence-corrected chi connectivity index (χ4v) is 5.79. The molecule has 3 aliphatic rings. The van der Waals surface area contributed by atoms with Crippen molar-refractivity contribution >= 4 is 16.3 Å². The summed E-state index contributed by atoms with van der Waals surface area (Å²) >= 11 is 0. The molecule has 2 unspecified atom stereocenters. The van der Waals surface area contributed by atoms with Gasteiger partial charge in [0.25, 0.3) is 0 Å². The molecule has 0 N–H and O–H groups in total. The molecular weight excluding hydrogens is 324 g/mol. The number of allylic oxidation sites excluding steroid dienone is 4. The number of fused-ring (bicyclic) bond motifs is 6. The third kappa shape index (κ3) is 1.99. The summed E-state index contributed by atoms with van der Waals surface area (Å²) in [6, 6.07) is 22.4. The standard InChI is InChI=1S/C27H22/c1-18-16-20-14-13-19-8-2-5-11-23(19)25(20)26(18)27-15-7-6-12-24(27)22-10-4-3-9-21(22)17-27/h2-6,8-14,24H,7,15-16H2,1H3. The summed E-state index contributed by atoms with van der Waals surface area (Å²) in [4.78, 5) is 0. The van der Waals surface area contributed by atoms with E-state index in [1.807, 2.05) is 0 Å². The smallest absolute Gasteiger partial charge is 0.0292 e. The zero-order valence-electron chi connectivity index (χ0n) is 15.6. The van der Waals surface area contributed by atoms with Crippen LogP contribution >= 0.6 is 0 Å². The van der Waals surface area contributed by atoms with E-state index in [1.165, 1.54) is 38.6 Å². The highest BCUT2D eigenvalue weighted by Gasteiger charge is 2.51. The van der Waals surface area contributed by atoms with E-state index in [-0.39, 0.29) is 5.41 Å². The maximum absolute atomic E-state index is 4.02. The molecule has 3 aromatic rings. The monoisotopic (exact) mass is 346 g/mol. The first-order valence-electron chi connectivity index (χ1n) is 10.0. The first-order valence-corrected chi connectivity index (χ1v) is 10.0. The summed E-state index contributed by atoms with van der Waals surface area (Å²) in [6.07, 6.45) is 12.2. The van der Waals surface area contributed by atoms with E-state index in [4.69, 9.17) is 0 Å². The molecule has 6 rings (SSSR count). The largest absolute Gasteiger partial charge is 0.0879 e. The van der Waals surface area contributed by atoms with Gasteiger partial charge in [0.2, 0.25) is 0 Å². The molecule has 2 radical (unpaired) electrons. The predicted octanol–water partition coefficient (Wildman–Crippen LogP) is 6.73. The maximum Gasteiger partial charge on any atom is 0.0292 e. The number of hydrogen-bond acceptors (Lipinski definition) is 0. The van der Waals surface area contributed by atoms with E-state index >= 15 is 0 Å². The minimum atomic E-state index is -0.0160. The van der Waals surface area contributed by atoms with Gasteiger partial charge in [0.05, 0.1) is 0 Å². The van der Waals surface area contributed by atoms with Crippen molar-refractivity contribution in [2.75, 3.05) is 0 Å². The van der Waals surface area contributed by atoms with Crippen LogP contribution in [0.1, 0.15) is 47.9 Å². The lowest BCUT2D eigenvalue weighted by atomic mass is 9.63. The Bertz CT molecular complexity index is 1140. The summed E-state index contributed by atoms with van der Waals surface area (Å²) in [5.74, 6) is 0.414. The van der Waals surface area contributed by atoms with E-state index < -0.39 is 0 Å². The minimum Gasteiger partial charge on any atom is -0.0879 e. The lowest BCUT2D eigenvalue weighted by Crippen LogP contribution is -2.28. The molecule has 0 bridgehead atoms. The van der Waals surface area contributed by atoms with Crippen LogP contribution in [0.25, 0.3) is 16.3 Å². The number of hydrogen-bond donors (Lipinski definition) is 0. The molecule has 0 spiro atoms. The van der Waals surface area contributed by atoms with Crippen LogP contribution in [0.15, 0.2) is 78.4 Å². The summed E-state index contributed by atoms with van der Waals surface area (Å²) in [5, 5.41) is 2.75. The Morgan fingerprint density at radius 1 is 0.963 bits per heavy atom. The molecular formula is C27H22. The molecule has 3 aliphatic carbocycles. The second-order valence-electron chi connectivity index (χ2n) is 8.28. The maximum atomic E-state index is 4.02. The van der Waals surface area contributed by atoms with Crippen molar-refractivity contribution in [3.63, 3.8) is 0 Å². The molecule has 0 saturated carbocycles. The van der Waals surface area contributed by atoms with Gasteiger partial charge in [-0.05, 0) is 64.8 Å². The quantitative estimate of drug-likeness (QED) is 0.428. The molecule has 0 heteroatoms. The van der Waals surface area contributed by atoms with Crippen LogP contribution in [0.5, 0.6) is 0 Å². The molecule has 3 aromatic carbocycles. The van der Waals surface area contributed by atoms with Gasteiger partial charge in [-0.1, -0.05) is 78.4 Å². The van der Waals surface area contributed by atoms with Crippen LogP contribution in [0, 0.1) is 11.8 Å². The zero-order valence-corrected chi connectivity index (χ0v) is 15.6. The van der Waals surface area contributed by atoms with Gasteiger partial charge < -0.3 is 0 Å². The first kappa shape index (κ1) is 15.5. The third-order valence-corrected chi connectivity index (χ3v) is 6.81. The van der Waals surface area contributed by atoms with Gasteiger partial charge in [0.15, 0.2) is 0 Å². The second-order valence-corrected chi connectivity index (χ2v) is 8.28. The normalized spacial score (nSPS) is 25.6. The van der Waals surface area contributed by atoms with Crippen LogP contribution in [0.4, 0.5) is 0 Å². The van der Waals surface area contributed by atoms with Crippen molar-refractivity contribution < 1.29 is 0 Å². The Hall–Kier alpha value is -2.60. The van der Waals surface area contributed by atoms with Crippen molar-refractivity contribution in [1.82, 2.24) is 0 Å². The summed E-state index contributed by atoms with van der Waals surface area (Å²) in [7, 11) is 0. The van der Waals surface area contributed by atoms with E-state index in [0.29, 0.717) is 5.92 Å². The lowest BCUT2D eigenvalue weighted by molar-refractivity contribution is 0.405. The Balaban J connectivity index is 1.64. The van der Waals surface area contributed by atoms with E-state index in [0.717, 1.165) is 19.3 Å². The molecule has 0 heterocycles. The van der Waals surface area contributed by atoms with Crippen LogP contribution in [-0.4, -0.2) is 0 Å². The number of benzene rings is 3. The van der Waals surface area contributed by atoms with Crippen molar-refractivity contribution in [3.8, 4) is 0 Å². The van der Waals surface area contributed by atoms with Gasteiger partial charge in [-0.15, -0.1) is 0 Å². The molecule has 27 heavy (non-hydrogen) atoms. The first-order chi connectivity index (χ1) is 13.3. The Morgan fingerprint density at radius 2 is 1.81 bits per heavy atom. The molecule has 0 amide bonds. The van der Waals surface area contributed by atoms with E-state index in [9.17, 15) is 0 Å². The minimum absolute atomic E-state index is 0.0160. The molecule has 0 nitrogen and oxygen atoms in total. The lowest BCUT2D eigenvalue weighted by Gasteiger charge is -2.39. The summed E-state index contributed by atoms with van der Waals surface area (Å²) < 4.78 is 0. The van der Waals surface area contributed by atoms with Crippen LogP contribution in [-0.2, 0) is 6.42 Å². The topological polar surface area (TPSA) is 0 Å². The molecule has 0 fully saturated rings. The highest BCUT2D eigenvalue weighted by molar-refractivity contribution is 6.00. The SMILES string of the molecule is CC1=C(C23[C]c4ccccc4C2C=CCC3)c2c(ccc3ccccc23)C1. The molecule has 130 valence electrons. The molecule has 2 atom stereocenters. The molecule has 0 aliphatic heterocycles. The highest BCUT2D eigenvalue weighted by Crippen LogP contribution is 2.63. The van der Waals surface area contributed by atoms with Crippen LogP contribution in [0.3, 0.4) is 0 Å². The fraction of sp³-hybridized carbons (Fsp3) is 0.222. The van der Waals surface area contributed by atoms with Crippen molar-refractivity contribution in [2.24, 2.45) is 5.41 Å². The van der Waals surface area contributed by atoms with Crippen LogP contribution < -0.4 is 0 Å². The van der Waals surface area contributed by atoms with Gasteiger partial charge in [0.1, 0.15) is 0 Å². The van der Waals surface area contributed by atoms with Gasteiger partial charge in [-0.2, -0.15) is 0 Å². The fourth-order valence-electron chi connectivity index (χ4n) is 5.79. The van der Waals surface area contributed by atoms with Crippen molar-refractivity contribution in [3.05, 3.63) is 107 Å². The van der Waals surface area contributed by atoms with E-state index in [2.05, 4.69) is 86.2 Å². The van der Waals surface area contributed by atoms with E-state index in [1.54, 1.807) is 5.57 Å². The van der Waals surface area contributed by atoms with Gasteiger partial charge in [-0.25, -0.2) is 0 Å². The highest BCUT2D eigenvalue weighted by atomic mass is 14.5. The average molecular weight is 346 g/mol. The number of rotatable bonds is 1. The van der Waals surface area contributed by atoms with Crippen LogP contribution in [0.2, 0.25) is 0 Å². The van der Waals surface area contributed by atoms with Gasteiger partial charge in [0, 0.05) is 17.8 Å². The summed E-state index contributed by atoms with van der Waals surface area (Å²) in [6.45, 7) is 2.35. The molecule has 0 aromatic heterocycles. The zero-order chi connectivity index (χ0) is 18.0. The summed E-state index contributed by atoms with van der Waals surface area (Å²) in [5.41, 5.74) is 8.80. The predicted molar refractivity (Wildman–Crippen MR) is 113 cm³/mol. The third-order valence-electron chi connectivity index (χ3n) is 6.81. The van der Waals surface area contributed by atoms with Crippen molar-refractivity contribution in [2.45, 2.75) is 32.1 Å². The Kier molecular flexibility index (Phi) is 3.12.